The third kappa shape index (κ3) is 3.98. The molecule has 1 heteroatoms. The second-order valence-electron chi connectivity index (χ2n) is 1.84. The van der Waals surface area contributed by atoms with Gasteiger partial charge in [0.1, 0.15) is 0 Å². The van der Waals surface area contributed by atoms with Gasteiger partial charge in [0, 0.05) is 13.1 Å². The monoisotopic (exact) mass is 124 g/mol. The Hall–Kier alpha value is -0.560. The van der Waals surface area contributed by atoms with Crippen molar-refractivity contribution in [2.24, 2.45) is 0 Å². The van der Waals surface area contributed by atoms with Crippen molar-refractivity contribution in [2.45, 2.75) is 0 Å². The number of hydrogen-bond donors (Lipinski definition) is 0. The first-order valence-electron chi connectivity index (χ1n) is 3.08. The molecule has 0 saturated heterocycles. The first-order chi connectivity index (χ1) is 4.35. The van der Waals surface area contributed by atoms with Crippen LogP contribution in [0.4, 0.5) is 0 Å². The summed E-state index contributed by atoms with van der Waals surface area (Å²) < 4.78 is 0. The Kier molecular flexibility index (Phi) is 5.23. The van der Waals surface area contributed by atoms with Crippen LogP contribution in [-0.4, -0.2) is 24.5 Å². The molecule has 0 aromatic heterocycles. The predicted molar refractivity (Wildman–Crippen MR) is 42.2 cm³/mol. The summed E-state index contributed by atoms with van der Waals surface area (Å²) >= 11 is 0. The minimum atomic E-state index is 0.817. The van der Waals surface area contributed by atoms with E-state index in [1.807, 2.05) is 12.2 Å². The van der Waals surface area contributed by atoms with Gasteiger partial charge >= 0.3 is 0 Å². The second-order valence-corrected chi connectivity index (χ2v) is 1.84. The molecular formula is C8H14N. The Morgan fingerprint density at radius 3 is 1.78 bits per heavy atom. The summed E-state index contributed by atoms with van der Waals surface area (Å²) in [5, 5.41) is 0. The molecular weight excluding hydrogens is 110 g/mol. The fraction of sp³-hybridized carbons (Fsp3) is 0.375. The van der Waals surface area contributed by atoms with E-state index in [2.05, 4.69) is 25.0 Å². The second kappa shape index (κ2) is 5.57. The Morgan fingerprint density at radius 1 is 1.11 bits per heavy atom. The third-order valence-corrected chi connectivity index (χ3v) is 1.09. The Morgan fingerprint density at radius 2 is 1.56 bits per heavy atom. The van der Waals surface area contributed by atoms with Crippen molar-refractivity contribution in [2.75, 3.05) is 19.6 Å². The minimum absolute atomic E-state index is 0.817. The first kappa shape index (κ1) is 8.44. The van der Waals surface area contributed by atoms with Gasteiger partial charge < -0.3 is 0 Å². The van der Waals surface area contributed by atoms with Crippen LogP contribution in [0.1, 0.15) is 0 Å². The van der Waals surface area contributed by atoms with Gasteiger partial charge in [0.15, 0.2) is 0 Å². The summed E-state index contributed by atoms with van der Waals surface area (Å²) in [7, 11) is 0. The third-order valence-electron chi connectivity index (χ3n) is 1.09. The van der Waals surface area contributed by atoms with E-state index < -0.39 is 0 Å². The van der Waals surface area contributed by atoms with Crippen molar-refractivity contribution in [3.63, 3.8) is 0 Å². The molecule has 0 bridgehead atoms. The fourth-order valence-corrected chi connectivity index (χ4v) is 0.622. The van der Waals surface area contributed by atoms with Gasteiger partial charge in [-0.05, 0) is 13.5 Å². The molecule has 0 rings (SSSR count). The molecule has 51 valence electrons. The summed E-state index contributed by atoms with van der Waals surface area (Å²) in [6.45, 7) is 13.6. The minimum Gasteiger partial charge on any atom is -0.296 e. The molecule has 0 aromatic carbocycles. The van der Waals surface area contributed by atoms with E-state index in [-0.39, 0.29) is 0 Å². The molecule has 0 atom stereocenters. The average molecular weight is 124 g/mol. The van der Waals surface area contributed by atoms with Crippen LogP contribution in [0.2, 0.25) is 0 Å². The van der Waals surface area contributed by atoms with Crippen LogP contribution in [0.3, 0.4) is 0 Å². The molecule has 0 amide bonds. The Labute approximate surface area is 57.7 Å². The van der Waals surface area contributed by atoms with Crippen molar-refractivity contribution in [3.8, 4) is 0 Å². The summed E-state index contributed by atoms with van der Waals surface area (Å²) in [5.41, 5.74) is 0. The maximum Gasteiger partial charge on any atom is 0.0163 e. The van der Waals surface area contributed by atoms with Crippen LogP contribution in [0.25, 0.3) is 0 Å². The van der Waals surface area contributed by atoms with E-state index in [0.717, 1.165) is 19.6 Å². The lowest BCUT2D eigenvalue weighted by Gasteiger charge is -2.14. The van der Waals surface area contributed by atoms with Gasteiger partial charge in [0.2, 0.25) is 0 Å². The van der Waals surface area contributed by atoms with Gasteiger partial charge in [-0.3, -0.25) is 4.90 Å². The van der Waals surface area contributed by atoms with Crippen molar-refractivity contribution >= 4 is 0 Å². The summed E-state index contributed by atoms with van der Waals surface area (Å²) in [5.74, 6) is 0. The lowest BCUT2D eigenvalue weighted by atomic mass is 10.4. The van der Waals surface area contributed by atoms with Crippen LogP contribution in [-0.2, 0) is 0 Å². The normalized spacial score (nSPS) is 9.56. The van der Waals surface area contributed by atoms with Crippen molar-refractivity contribution in [1.82, 2.24) is 4.90 Å². The summed E-state index contributed by atoms with van der Waals surface area (Å²) in [6.07, 6.45) is 3.74. The van der Waals surface area contributed by atoms with E-state index in [1.54, 1.807) is 0 Å². The summed E-state index contributed by atoms with van der Waals surface area (Å²) in [6, 6.07) is 0. The quantitative estimate of drug-likeness (QED) is 0.502. The van der Waals surface area contributed by atoms with E-state index in [4.69, 9.17) is 0 Å². The van der Waals surface area contributed by atoms with Gasteiger partial charge in [-0.2, -0.15) is 0 Å². The molecule has 0 heterocycles. The Balaban J connectivity index is 3.39. The van der Waals surface area contributed by atoms with Gasteiger partial charge in [-0.25, -0.2) is 0 Å². The van der Waals surface area contributed by atoms with Gasteiger partial charge in [0.25, 0.3) is 0 Å². The van der Waals surface area contributed by atoms with E-state index in [1.165, 1.54) is 0 Å². The van der Waals surface area contributed by atoms with Crippen molar-refractivity contribution in [1.29, 1.82) is 0 Å². The number of hydrogen-bond acceptors (Lipinski definition) is 1. The largest absolute Gasteiger partial charge is 0.296 e. The molecule has 0 unspecified atom stereocenters. The molecule has 0 saturated carbocycles. The zero-order valence-corrected chi connectivity index (χ0v) is 5.84. The maximum absolute atomic E-state index is 3.75. The molecule has 0 aliphatic rings. The highest BCUT2D eigenvalue weighted by atomic mass is 15.1. The number of nitrogens with zero attached hydrogens (tertiary/aromatic N) is 1. The average Bonchev–Trinajstić information content (AvgIpc) is 1.88. The molecule has 1 radical (unpaired) electrons. The van der Waals surface area contributed by atoms with Crippen LogP contribution >= 0.6 is 0 Å². The molecule has 0 aliphatic carbocycles. The zero-order chi connectivity index (χ0) is 7.11. The Bertz CT molecular complexity index is 76.6. The van der Waals surface area contributed by atoms with Crippen LogP contribution < -0.4 is 0 Å². The maximum atomic E-state index is 3.75. The molecule has 0 N–H and O–H groups in total. The van der Waals surface area contributed by atoms with Crippen molar-refractivity contribution < 1.29 is 0 Å². The van der Waals surface area contributed by atoms with Gasteiger partial charge in [0.05, 0.1) is 0 Å². The highest BCUT2D eigenvalue weighted by Gasteiger charge is 1.92. The topological polar surface area (TPSA) is 3.24 Å². The highest BCUT2D eigenvalue weighted by molar-refractivity contribution is 4.79. The van der Waals surface area contributed by atoms with Crippen molar-refractivity contribution in [3.05, 3.63) is 32.2 Å². The van der Waals surface area contributed by atoms with E-state index in [9.17, 15) is 0 Å². The van der Waals surface area contributed by atoms with E-state index in [0.29, 0.717) is 0 Å². The summed E-state index contributed by atoms with van der Waals surface area (Å²) in [4.78, 5) is 2.14. The molecule has 0 aliphatic heterocycles. The molecule has 1 nitrogen and oxygen atoms in total. The molecule has 0 aromatic rings. The zero-order valence-electron chi connectivity index (χ0n) is 5.84. The van der Waals surface area contributed by atoms with Crippen LogP contribution in [0.5, 0.6) is 0 Å². The predicted octanol–water partition coefficient (Wildman–Crippen LogP) is 1.49. The smallest absolute Gasteiger partial charge is 0.0163 e. The lowest BCUT2D eigenvalue weighted by molar-refractivity contribution is 0.371. The molecule has 0 spiro atoms. The fourth-order valence-electron chi connectivity index (χ4n) is 0.622. The lowest BCUT2D eigenvalue weighted by Crippen LogP contribution is -2.23. The van der Waals surface area contributed by atoms with Crippen LogP contribution in [0.15, 0.2) is 25.3 Å². The van der Waals surface area contributed by atoms with Crippen LogP contribution in [0, 0.1) is 6.92 Å². The highest BCUT2D eigenvalue weighted by Crippen LogP contribution is 1.85. The standard InChI is InChI=1S/C8H14N/c1-4-7-9(6-3)8-5-2/h4-5H,1-3,6-8H2. The van der Waals surface area contributed by atoms with E-state index >= 15 is 0 Å². The first-order valence-corrected chi connectivity index (χ1v) is 3.08. The van der Waals surface area contributed by atoms with Gasteiger partial charge in [-0.15, -0.1) is 13.2 Å². The molecule has 0 fully saturated rings. The SMILES string of the molecule is [CH2]CN(CC=C)CC=C. The number of rotatable bonds is 5. The molecule has 9 heavy (non-hydrogen) atoms. The van der Waals surface area contributed by atoms with Gasteiger partial charge in [-0.1, -0.05) is 12.2 Å².